The number of methoxy groups -OCH3 is 2. The van der Waals surface area contributed by atoms with E-state index >= 15 is 0 Å². The fraction of sp³-hybridized carbons (Fsp3) is 0.375. The number of benzene rings is 1. The first-order chi connectivity index (χ1) is 15.8. The number of pyridine rings is 1. The highest BCUT2D eigenvalue weighted by Gasteiger charge is 2.18. The summed E-state index contributed by atoms with van der Waals surface area (Å²) in [6, 6.07) is 6.02. The molecule has 33 heavy (non-hydrogen) atoms. The van der Waals surface area contributed by atoms with Crippen LogP contribution in [0.25, 0.3) is 22.4 Å². The molecule has 1 N–H and O–H groups in total. The molecule has 3 aromatic heterocycles. The van der Waals surface area contributed by atoms with Crippen LogP contribution in [0, 0.1) is 6.92 Å². The molecule has 0 radical (unpaired) electrons. The van der Waals surface area contributed by atoms with Gasteiger partial charge in [-0.15, -0.1) is 10.2 Å². The van der Waals surface area contributed by atoms with Gasteiger partial charge in [-0.25, -0.2) is 9.97 Å². The minimum atomic E-state index is -0.332. The number of hydrogen-bond donors (Lipinski definition) is 1. The number of anilines is 1. The predicted molar refractivity (Wildman–Crippen MR) is 127 cm³/mol. The van der Waals surface area contributed by atoms with E-state index in [1.807, 2.05) is 63.0 Å². The number of aromatic nitrogens is 6. The zero-order valence-electron chi connectivity index (χ0n) is 19.9. The first-order valence-corrected chi connectivity index (χ1v) is 10.7. The Bertz CT molecular complexity index is 1280. The number of nitrogens with zero attached hydrogens (tertiary/aromatic N) is 6. The Morgan fingerprint density at radius 2 is 1.91 bits per heavy atom. The van der Waals surface area contributed by atoms with Crippen molar-refractivity contribution < 1.29 is 9.47 Å². The van der Waals surface area contributed by atoms with Crippen LogP contribution in [0.4, 0.5) is 5.82 Å². The molecule has 0 spiro atoms. The van der Waals surface area contributed by atoms with Gasteiger partial charge in [0, 0.05) is 50.6 Å². The minimum Gasteiger partial charge on any atom is -0.496 e. The van der Waals surface area contributed by atoms with E-state index in [0.29, 0.717) is 18.8 Å². The molecule has 0 unspecified atom stereocenters. The van der Waals surface area contributed by atoms with E-state index in [2.05, 4.69) is 20.5 Å². The molecular weight excluding hydrogens is 418 g/mol. The average molecular weight is 448 g/mol. The van der Waals surface area contributed by atoms with Gasteiger partial charge in [-0.2, -0.15) is 0 Å². The van der Waals surface area contributed by atoms with Gasteiger partial charge < -0.3 is 19.4 Å². The molecule has 9 nitrogen and oxygen atoms in total. The third-order valence-electron chi connectivity index (χ3n) is 5.67. The maximum Gasteiger partial charge on any atom is 0.163 e. The topological polar surface area (TPSA) is 99.9 Å². The molecule has 0 fully saturated rings. The summed E-state index contributed by atoms with van der Waals surface area (Å²) in [5.74, 6) is 2.24. The summed E-state index contributed by atoms with van der Waals surface area (Å²) >= 11 is 0. The van der Waals surface area contributed by atoms with Crippen molar-refractivity contribution in [2.24, 2.45) is 7.05 Å². The summed E-state index contributed by atoms with van der Waals surface area (Å²) in [6.07, 6.45) is 5.87. The largest absolute Gasteiger partial charge is 0.496 e. The van der Waals surface area contributed by atoms with Crippen LogP contribution in [0.15, 0.2) is 36.9 Å². The van der Waals surface area contributed by atoms with Crippen molar-refractivity contribution in [3.05, 3.63) is 53.7 Å². The summed E-state index contributed by atoms with van der Waals surface area (Å²) in [4.78, 5) is 14.2. The van der Waals surface area contributed by atoms with Gasteiger partial charge in [-0.3, -0.25) is 4.98 Å². The molecule has 4 aromatic rings. The number of fused-ring (bicyclic) bond motifs is 1. The third kappa shape index (κ3) is 4.78. The Kier molecular flexibility index (Phi) is 6.24. The maximum absolute atomic E-state index is 5.67. The van der Waals surface area contributed by atoms with E-state index in [1.165, 1.54) is 0 Å². The van der Waals surface area contributed by atoms with Gasteiger partial charge in [0.15, 0.2) is 11.6 Å². The number of aryl methyl sites for hydroxylation is 2. The van der Waals surface area contributed by atoms with E-state index in [-0.39, 0.29) is 5.60 Å². The molecule has 0 bridgehead atoms. The van der Waals surface area contributed by atoms with Crippen molar-refractivity contribution in [3.63, 3.8) is 0 Å². The van der Waals surface area contributed by atoms with Crippen LogP contribution in [0.5, 0.6) is 5.75 Å². The molecule has 4 rings (SSSR count). The molecule has 0 atom stereocenters. The smallest absolute Gasteiger partial charge is 0.163 e. The predicted octanol–water partition coefficient (Wildman–Crippen LogP) is 3.57. The van der Waals surface area contributed by atoms with Crippen LogP contribution < -0.4 is 10.1 Å². The van der Waals surface area contributed by atoms with Gasteiger partial charge in [0.1, 0.15) is 17.6 Å². The van der Waals surface area contributed by atoms with Crippen LogP contribution in [-0.2, 0) is 18.2 Å². The van der Waals surface area contributed by atoms with Crippen molar-refractivity contribution >= 4 is 16.9 Å². The summed E-state index contributed by atoms with van der Waals surface area (Å²) < 4.78 is 13.1. The monoisotopic (exact) mass is 447 g/mol. The lowest BCUT2D eigenvalue weighted by Gasteiger charge is -2.23. The van der Waals surface area contributed by atoms with E-state index < -0.39 is 0 Å². The number of rotatable bonds is 8. The molecular formula is C24H29N7O2. The molecule has 0 aliphatic rings. The molecule has 0 aliphatic heterocycles. The Morgan fingerprint density at radius 1 is 1.09 bits per heavy atom. The van der Waals surface area contributed by atoms with Crippen molar-refractivity contribution in [1.82, 2.24) is 29.7 Å². The molecule has 0 saturated carbocycles. The number of nitrogens with one attached hydrogen (secondary N) is 1. The lowest BCUT2D eigenvalue weighted by Crippen LogP contribution is -2.32. The van der Waals surface area contributed by atoms with E-state index in [4.69, 9.17) is 19.4 Å². The molecule has 0 aliphatic carbocycles. The highest BCUT2D eigenvalue weighted by molar-refractivity contribution is 5.87. The summed E-state index contributed by atoms with van der Waals surface area (Å²) in [6.45, 7) is 6.62. The number of ether oxygens (including phenoxy) is 2. The molecule has 1 aromatic carbocycles. The van der Waals surface area contributed by atoms with E-state index in [0.717, 1.165) is 45.0 Å². The highest BCUT2D eigenvalue weighted by atomic mass is 16.5. The van der Waals surface area contributed by atoms with Crippen LogP contribution in [-0.4, -0.2) is 56.1 Å². The molecule has 0 saturated heterocycles. The van der Waals surface area contributed by atoms with Gasteiger partial charge in [-0.1, -0.05) is 12.1 Å². The Morgan fingerprint density at radius 3 is 2.61 bits per heavy atom. The quantitative estimate of drug-likeness (QED) is 0.438. The standard InChI is InChI=1S/C24H29N7O2/c1-15-11-26-22(27-13-24(2,3)33-6)21-20(15)25-12-18(29-21)9-16-7-8-17(10-19(16)32-5)23-30-28-14-31(23)4/h7-8,10-12,14H,9,13H2,1-6H3,(H,26,27). The van der Waals surface area contributed by atoms with Crippen molar-refractivity contribution in [2.45, 2.75) is 32.8 Å². The summed E-state index contributed by atoms with van der Waals surface area (Å²) in [7, 11) is 5.28. The second kappa shape index (κ2) is 9.11. The molecule has 9 heteroatoms. The first-order valence-electron chi connectivity index (χ1n) is 10.7. The second-order valence-corrected chi connectivity index (χ2v) is 8.63. The van der Waals surface area contributed by atoms with Gasteiger partial charge in [0.2, 0.25) is 0 Å². The lowest BCUT2D eigenvalue weighted by molar-refractivity contribution is 0.0343. The molecule has 0 amide bonds. The van der Waals surface area contributed by atoms with Crippen molar-refractivity contribution in [3.8, 4) is 17.1 Å². The fourth-order valence-electron chi connectivity index (χ4n) is 3.52. The SMILES string of the molecule is COc1cc(-c2nncn2C)ccc1Cc1cnc2c(C)cnc(NCC(C)(C)OC)c2n1. The lowest BCUT2D eigenvalue weighted by atomic mass is 10.1. The summed E-state index contributed by atoms with van der Waals surface area (Å²) in [5.41, 5.74) is 4.99. The van der Waals surface area contributed by atoms with Crippen molar-refractivity contribution in [1.29, 1.82) is 0 Å². The second-order valence-electron chi connectivity index (χ2n) is 8.63. The van der Waals surface area contributed by atoms with E-state index in [9.17, 15) is 0 Å². The zero-order chi connectivity index (χ0) is 23.6. The van der Waals surface area contributed by atoms with Crippen molar-refractivity contribution in [2.75, 3.05) is 26.1 Å². The normalized spacial score (nSPS) is 11.7. The van der Waals surface area contributed by atoms with Gasteiger partial charge in [0.25, 0.3) is 0 Å². The van der Waals surface area contributed by atoms with Gasteiger partial charge in [-0.05, 0) is 32.4 Å². The Labute approximate surface area is 193 Å². The summed E-state index contributed by atoms with van der Waals surface area (Å²) in [5, 5.41) is 11.5. The zero-order valence-corrected chi connectivity index (χ0v) is 19.9. The van der Waals surface area contributed by atoms with Gasteiger partial charge in [0.05, 0.1) is 23.9 Å². The average Bonchev–Trinajstić information content (AvgIpc) is 3.24. The molecule has 172 valence electrons. The van der Waals surface area contributed by atoms with Crippen LogP contribution in [0.1, 0.15) is 30.7 Å². The first kappa shape index (κ1) is 22.6. The van der Waals surface area contributed by atoms with Crippen LogP contribution in [0.2, 0.25) is 0 Å². The van der Waals surface area contributed by atoms with E-state index in [1.54, 1.807) is 20.5 Å². The number of hydrogen-bond acceptors (Lipinski definition) is 8. The van der Waals surface area contributed by atoms with Crippen LogP contribution >= 0.6 is 0 Å². The highest BCUT2D eigenvalue weighted by Crippen LogP contribution is 2.28. The van der Waals surface area contributed by atoms with Crippen LogP contribution in [0.3, 0.4) is 0 Å². The Balaban J connectivity index is 1.66. The fourth-order valence-corrected chi connectivity index (χ4v) is 3.52. The van der Waals surface area contributed by atoms with Gasteiger partial charge >= 0.3 is 0 Å². The molecule has 3 heterocycles. The minimum absolute atomic E-state index is 0.332. The maximum atomic E-state index is 5.67. The third-order valence-corrected chi connectivity index (χ3v) is 5.67. The Hall–Kier alpha value is -3.59.